The number of nitrogens with one attached hydrogen (secondary N) is 2. The second-order valence-corrected chi connectivity index (χ2v) is 4.49. The molecule has 2 rings (SSSR count). The summed E-state index contributed by atoms with van der Waals surface area (Å²) in [7, 11) is 0. The smallest absolute Gasteiger partial charge is 0.268 e. The van der Waals surface area contributed by atoms with E-state index < -0.39 is 0 Å². The summed E-state index contributed by atoms with van der Waals surface area (Å²) in [6.07, 6.45) is 0. The number of rotatable bonds is 3. The third-order valence-electron chi connectivity index (χ3n) is 2.91. The van der Waals surface area contributed by atoms with Crippen LogP contribution in [0.3, 0.4) is 0 Å². The normalized spacial score (nSPS) is 12.2. The second-order valence-electron chi connectivity index (χ2n) is 4.49. The Kier molecular flexibility index (Phi) is 3.55. The molecule has 0 aromatic carbocycles. The van der Waals surface area contributed by atoms with Gasteiger partial charge in [0.25, 0.3) is 5.91 Å². The van der Waals surface area contributed by atoms with Crippen LogP contribution in [0.2, 0.25) is 0 Å². The molecule has 2 heterocycles. The van der Waals surface area contributed by atoms with Gasteiger partial charge in [0.05, 0.1) is 6.04 Å². The Balaban J connectivity index is 2.15. The van der Waals surface area contributed by atoms with Gasteiger partial charge in [-0.05, 0) is 32.9 Å². The molecule has 0 aliphatic rings. The Morgan fingerprint density at radius 3 is 2.68 bits per heavy atom. The molecule has 1 amide bonds. The zero-order valence-electron chi connectivity index (χ0n) is 11.1. The van der Waals surface area contributed by atoms with Crippen LogP contribution in [0.5, 0.6) is 0 Å². The van der Waals surface area contributed by atoms with E-state index in [1.54, 1.807) is 12.1 Å². The molecule has 1 unspecified atom stereocenters. The summed E-state index contributed by atoms with van der Waals surface area (Å²) < 4.78 is 5.43. The first kappa shape index (κ1) is 13.1. The van der Waals surface area contributed by atoms with Crippen LogP contribution < -0.4 is 10.9 Å². The van der Waals surface area contributed by atoms with Crippen molar-refractivity contribution in [1.82, 2.24) is 10.3 Å². The van der Waals surface area contributed by atoms with Gasteiger partial charge in [-0.1, -0.05) is 6.07 Å². The Bertz CT molecular complexity index is 655. The van der Waals surface area contributed by atoms with Crippen molar-refractivity contribution in [3.05, 3.63) is 57.4 Å². The molecule has 1 atom stereocenters. The lowest BCUT2D eigenvalue weighted by Gasteiger charge is -2.12. The van der Waals surface area contributed by atoms with Crippen molar-refractivity contribution in [3.8, 4) is 0 Å². The average Bonchev–Trinajstić information content (AvgIpc) is 2.68. The van der Waals surface area contributed by atoms with Gasteiger partial charge in [-0.15, -0.1) is 0 Å². The Morgan fingerprint density at radius 1 is 1.37 bits per heavy atom. The Morgan fingerprint density at radius 2 is 2.11 bits per heavy atom. The van der Waals surface area contributed by atoms with Crippen molar-refractivity contribution in [2.75, 3.05) is 0 Å². The van der Waals surface area contributed by atoms with Crippen LogP contribution in [0.25, 0.3) is 0 Å². The lowest BCUT2D eigenvalue weighted by molar-refractivity contribution is 0.0934. The molecule has 0 bridgehead atoms. The van der Waals surface area contributed by atoms with E-state index in [9.17, 15) is 9.59 Å². The summed E-state index contributed by atoms with van der Waals surface area (Å²) in [6, 6.07) is 6.19. The van der Waals surface area contributed by atoms with Gasteiger partial charge >= 0.3 is 0 Å². The third kappa shape index (κ3) is 2.93. The summed E-state index contributed by atoms with van der Waals surface area (Å²) in [4.78, 5) is 25.6. The average molecular weight is 260 g/mol. The zero-order chi connectivity index (χ0) is 14.0. The fraction of sp³-hybridized carbons (Fsp3) is 0.286. The van der Waals surface area contributed by atoms with Crippen LogP contribution in [-0.4, -0.2) is 10.9 Å². The van der Waals surface area contributed by atoms with E-state index in [2.05, 4.69) is 10.3 Å². The van der Waals surface area contributed by atoms with Gasteiger partial charge in [0.1, 0.15) is 17.2 Å². The van der Waals surface area contributed by atoms with Crippen molar-refractivity contribution in [3.63, 3.8) is 0 Å². The Labute approximate surface area is 110 Å². The van der Waals surface area contributed by atoms with Crippen molar-refractivity contribution in [1.29, 1.82) is 0 Å². The number of H-pyrrole nitrogens is 1. The highest BCUT2D eigenvalue weighted by atomic mass is 16.3. The van der Waals surface area contributed by atoms with E-state index in [0.29, 0.717) is 0 Å². The summed E-state index contributed by atoms with van der Waals surface area (Å²) >= 11 is 0. The molecule has 0 aliphatic carbocycles. The quantitative estimate of drug-likeness (QED) is 0.887. The van der Waals surface area contributed by atoms with E-state index in [0.717, 1.165) is 17.1 Å². The van der Waals surface area contributed by atoms with Gasteiger partial charge in [-0.3, -0.25) is 9.59 Å². The van der Waals surface area contributed by atoms with Gasteiger partial charge < -0.3 is 14.7 Å². The SMILES string of the molecule is Cc1cc(C(C)NC(=O)c2cccc(=O)[nH]2)c(C)o1. The van der Waals surface area contributed by atoms with Crippen molar-refractivity contribution >= 4 is 5.91 Å². The zero-order valence-corrected chi connectivity index (χ0v) is 11.1. The maximum absolute atomic E-state index is 12.0. The minimum absolute atomic E-state index is 0.186. The molecule has 0 fully saturated rings. The monoisotopic (exact) mass is 260 g/mol. The number of aromatic amines is 1. The molecule has 0 saturated heterocycles. The summed E-state index contributed by atoms with van der Waals surface area (Å²) in [5.74, 6) is 1.28. The van der Waals surface area contributed by atoms with Crippen molar-refractivity contribution in [2.24, 2.45) is 0 Å². The summed E-state index contributed by atoms with van der Waals surface area (Å²) in [5.41, 5.74) is 0.886. The third-order valence-corrected chi connectivity index (χ3v) is 2.91. The predicted octanol–water partition coefficient (Wildman–Crippen LogP) is 2.08. The number of furan rings is 1. The minimum Gasteiger partial charge on any atom is -0.466 e. The van der Waals surface area contributed by atoms with Gasteiger partial charge in [0.15, 0.2) is 0 Å². The largest absolute Gasteiger partial charge is 0.466 e. The molecule has 0 spiro atoms. The standard InChI is InChI=1S/C14H16N2O3/c1-8-7-11(10(3)19-8)9(2)15-14(18)12-5-4-6-13(17)16-12/h4-7,9H,1-3H3,(H,15,18)(H,16,17). The van der Waals surface area contributed by atoms with E-state index in [1.807, 2.05) is 26.8 Å². The lowest BCUT2D eigenvalue weighted by Crippen LogP contribution is -2.28. The molecular formula is C14H16N2O3. The maximum atomic E-state index is 12.0. The molecule has 19 heavy (non-hydrogen) atoms. The van der Waals surface area contributed by atoms with E-state index in [-0.39, 0.29) is 23.2 Å². The second kappa shape index (κ2) is 5.14. The summed E-state index contributed by atoms with van der Waals surface area (Å²) in [6.45, 7) is 5.59. The van der Waals surface area contributed by atoms with E-state index >= 15 is 0 Å². The maximum Gasteiger partial charge on any atom is 0.268 e. The van der Waals surface area contributed by atoms with Crippen LogP contribution in [0, 0.1) is 13.8 Å². The number of amides is 1. The number of carbonyl (C=O) groups is 1. The van der Waals surface area contributed by atoms with Crippen LogP contribution in [0.15, 0.2) is 33.5 Å². The molecular weight excluding hydrogens is 244 g/mol. The van der Waals surface area contributed by atoms with Gasteiger partial charge in [0.2, 0.25) is 5.56 Å². The van der Waals surface area contributed by atoms with Crippen LogP contribution in [0.4, 0.5) is 0 Å². The fourth-order valence-corrected chi connectivity index (χ4v) is 2.01. The minimum atomic E-state index is -0.316. The number of aryl methyl sites for hydroxylation is 2. The predicted molar refractivity (Wildman–Crippen MR) is 71.1 cm³/mol. The van der Waals surface area contributed by atoms with Crippen LogP contribution in [0.1, 0.15) is 40.5 Å². The first-order chi connectivity index (χ1) is 8.97. The highest BCUT2D eigenvalue weighted by molar-refractivity contribution is 5.92. The summed E-state index contributed by atoms with van der Waals surface area (Å²) in [5, 5.41) is 2.82. The van der Waals surface area contributed by atoms with Gasteiger partial charge in [-0.25, -0.2) is 0 Å². The van der Waals surface area contributed by atoms with E-state index in [4.69, 9.17) is 4.42 Å². The number of pyridine rings is 1. The highest BCUT2D eigenvalue weighted by Gasteiger charge is 2.16. The van der Waals surface area contributed by atoms with Gasteiger partial charge in [-0.2, -0.15) is 0 Å². The topological polar surface area (TPSA) is 75.1 Å². The van der Waals surface area contributed by atoms with Crippen molar-refractivity contribution < 1.29 is 9.21 Å². The lowest BCUT2D eigenvalue weighted by atomic mass is 10.1. The molecule has 5 heteroatoms. The molecule has 2 aromatic heterocycles. The number of carbonyl (C=O) groups excluding carboxylic acids is 1. The Hall–Kier alpha value is -2.30. The van der Waals surface area contributed by atoms with Gasteiger partial charge in [0, 0.05) is 11.6 Å². The number of hydrogen-bond donors (Lipinski definition) is 2. The van der Waals surface area contributed by atoms with Crippen LogP contribution >= 0.6 is 0 Å². The molecule has 0 radical (unpaired) electrons. The first-order valence-electron chi connectivity index (χ1n) is 6.04. The molecule has 5 nitrogen and oxygen atoms in total. The number of hydrogen-bond acceptors (Lipinski definition) is 3. The van der Waals surface area contributed by atoms with Crippen LogP contribution in [-0.2, 0) is 0 Å². The van der Waals surface area contributed by atoms with Crippen molar-refractivity contribution in [2.45, 2.75) is 26.8 Å². The van der Waals surface area contributed by atoms with E-state index in [1.165, 1.54) is 6.07 Å². The number of aromatic nitrogens is 1. The molecule has 100 valence electrons. The molecule has 0 aliphatic heterocycles. The fourth-order valence-electron chi connectivity index (χ4n) is 2.01. The first-order valence-corrected chi connectivity index (χ1v) is 6.04. The molecule has 2 aromatic rings. The molecule has 2 N–H and O–H groups in total. The highest BCUT2D eigenvalue weighted by Crippen LogP contribution is 2.21. The molecule has 0 saturated carbocycles.